The molecule has 1 saturated carbocycles. The summed E-state index contributed by atoms with van der Waals surface area (Å²) in [5, 5.41) is 0.271. The Hall–Kier alpha value is -0.613. The van der Waals surface area contributed by atoms with Gasteiger partial charge in [0.15, 0.2) is 8.32 Å². The van der Waals surface area contributed by atoms with E-state index < -0.39 is 8.32 Å². The van der Waals surface area contributed by atoms with Crippen molar-refractivity contribution in [1.29, 1.82) is 0 Å². The molecule has 0 heterocycles. The van der Waals surface area contributed by atoms with Crippen LogP contribution < -0.4 is 0 Å². The third-order valence-electron chi connectivity index (χ3n) is 4.78. The van der Waals surface area contributed by atoms with E-state index in [1.54, 1.807) is 6.08 Å². The number of hydrogen-bond acceptors (Lipinski definition) is 3. The zero-order valence-corrected chi connectivity index (χ0v) is 15.6. The Balaban J connectivity index is 2.41. The molecule has 1 aliphatic rings. The fourth-order valence-electron chi connectivity index (χ4n) is 2.40. The molecule has 1 rings (SSSR count). The minimum atomic E-state index is -1.65. The summed E-state index contributed by atoms with van der Waals surface area (Å²) in [6, 6.07) is 0. The Bertz CT molecular complexity index is 361. The lowest BCUT2D eigenvalue weighted by atomic mass is 9.87. The molecule has 1 aliphatic carbocycles. The van der Waals surface area contributed by atoms with Crippen LogP contribution in [0.15, 0.2) is 12.2 Å². The van der Waals surface area contributed by atoms with Gasteiger partial charge < -0.3 is 9.16 Å². The molecule has 1 fully saturated rings. The summed E-state index contributed by atoms with van der Waals surface area (Å²) in [5.41, 5.74) is 0. The minimum Gasteiger partial charge on any atom is -0.463 e. The summed E-state index contributed by atoms with van der Waals surface area (Å²) in [7, 11) is -1.65. The average molecular weight is 313 g/mol. The molecule has 0 saturated heterocycles. The maximum absolute atomic E-state index is 11.3. The van der Waals surface area contributed by atoms with E-state index in [9.17, 15) is 4.79 Å². The van der Waals surface area contributed by atoms with Crippen LogP contribution in [0.3, 0.4) is 0 Å². The van der Waals surface area contributed by atoms with Crippen molar-refractivity contribution in [3.8, 4) is 0 Å². The van der Waals surface area contributed by atoms with Crippen molar-refractivity contribution >= 4 is 14.3 Å². The monoisotopic (exact) mass is 312 g/mol. The van der Waals surface area contributed by atoms with Crippen LogP contribution >= 0.6 is 0 Å². The molecular formula is C17H32O3Si. The number of carbonyl (C=O) groups excluding carboxylic acids is 1. The van der Waals surface area contributed by atoms with Crippen molar-refractivity contribution in [3.63, 3.8) is 0 Å². The minimum absolute atomic E-state index is 0.225. The Morgan fingerprint density at radius 1 is 1.19 bits per heavy atom. The van der Waals surface area contributed by atoms with E-state index in [0.29, 0.717) is 18.6 Å². The highest BCUT2D eigenvalue weighted by molar-refractivity contribution is 6.74. The van der Waals surface area contributed by atoms with Crippen molar-refractivity contribution in [2.45, 2.75) is 77.6 Å². The highest BCUT2D eigenvalue weighted by Gasteiger charge is 2.39. The van der Waals surface area contributed by atoms with Gasteiger partial charge in [-0.05, 0) is 56.7 Å². The molecule has 0 aromatic carbocycles. The number of rotatable bonds is 5. The lowest BCUT2D eigenvalue weighted by Gasteiger charge is -2.41. The standard InChI is InChI=1S/C17H32O3Si/c1-7-19-16(18)13-10-14-8-11-15(12-9-14)20-21(5,6)17(2,3)4/h10,13-15H,7-9,11-12H2,1-6H3/b13-10+. The lowest BCUT2D eigenvalue weighted by molar-refractivity contribution is -0.137. The first kappa shape index (κ1) is 18.4. The third-order valence-corrected chi connectivity index (χ3v) is 9.31. The number of esters is 1. The van der Waals surface area contributed by atoms with Crippen LogP contribution in [0.1, 0.15) is 53.4 Å². The fourth-order valence-corrected chi connectivity index (χ4v) is 3.82. The van der Waals surface area contributed by atoms with Crippen LogP contribution in [-0.4, -0.2) is 27.0 Å². The molecule has 0 spiro atoms. The topological polar surface area (TPSA) is 35.5 Å². The van der Waals surface area contributed by atoms with Crippen molar-refractivity contribution in [2.24, 2.45) is 5.92 Å². The van der Waals surface area contributed by atoms with Gasteiger partial charge in [-0.3, -0.25) is 0 Å². The fraction of sp³-hybridized carbons (Fsp3) is 0.824. The number of ether oxygens (including phenoxy) is 1. The zero-order valence-electron chi connectivity index (χ0n) is 14.6. The summed E-state index contributed by atoms with van der Waals surface area (Å²) in [6.45, 7) is 13.8. The first-order valence-corrected chi connectivity index (χ1v) is 11.1. The molecule has 0 N–H and O–H groups in total. The average Bonchev–Trinajstić information content (AvgIpc) is 2.36. The molecule has 0 atom stereocenters. The Kier molecular flexibility index (Phi) is 6.66. The molecule has 0 aliphatic heterocycles. The highest BCUT2D eigenvalue weighted by Crippen LogP contribution is 2.39. The van der Waals surface area contributed by atoms with Crippen molar-refractivity contribution in [1.82, 2.24) is 0 Å². The van der Waals surface area contributed by atoms with Gasteiger partial charge >= 0.3 is 5.97 Å². The predicted octanol–water partition coefficient (Wildman–Crippen LogP) is 4.69. The molecule has 3 nitrogen and oxygen atoms in total. The van der Waals surface area contributed by atoms with E-state index in [2.05, 4.69) is 33.9 Å². The van der Waals surface area contributed by atoms with Gasteiger partial charge in [0, 0.05) is 12.2 Å². The van der Waals surface area contributed by atoms with E-state index in [-0.39, 0.29) is 11.0 Å². The second kappa shape index (κ2) is 7.59. The van der Waals surface area contributed by atoms with Crippen molar-refractivity contribution in [2.75, 3.05) is 6.61 Å². The molecule has 0 radical (unpaired) electrons. The number of hydrogen-bond donors (Lipinski definition) is 0. The molecular weight excluding hydrogens is 280 g/mol. The van der Waals surface area contributed by atoms with Crippen LogP contribution in [0.25, 0.3) is 0 Å². The van der Waals surface area contributed by atoms with E-state index in [1.165, 1.54) is 0 Å². The summed E-state index contributed by atoms with van der Waals surface area (Å²) < 4.78 is 11.4. The number of carbonyl (C=O) groups is 1. The van der Waals surface area contributed by atoms with Gasteiger partial charge in [-0.1, -0.05) is 26.8 Å². The lowest BCUT2D eigenvalue weighted by Crippen LogP contribution is -2.44. The van der Waals surface area contributed by atoms with E-state index in [0.717, 1.165) is 25.7 Å². The first-order valence-electron chi connectivity index (χ1n) is 8.18. The molecule has 4 heteroatoms. The maximum atomic E-state index is 11.3. The molecule has 0 bridgehead atoms. The Morgan fingerprint density at radius 2 is 1.76 bits per heavy atom. The van der Waals surface area contributed by atoms with Gasteiger partial charge in [-0.2, -0.15) is 0 Å². The van der Waals surface area contributed by atoms with Crippen LogP contribution in [0.5, 0.6) is 0 Å². The molecule has 122 valence electrons. The van der Waals surface area contributed by atoms with Gasteiger partial charge in [-0.15, -0.1) is 0 Å². The first-order chi connectivity index (χ1) is 9.65. The third kappa shape index (κ3) is 5.95. The molecule has 0 aromatic heterocycles. The maximum Gasteiger partial charge on any atom is 0.330 e. The second-order valence-corrected chi connectivity index (χ2v) is 12.3. The van der Waals surface area contributed by atoms with Crippen LogP contribution in [-0.2, 0) is 14.0 Å². The zero-order chi connectivity index (χ0) is 16.1. The smallest absolute Gasteiger partial charge is 0.330 e. The summed E-state index contributed by atoms with van der Waals surface area (Å²) in [5.74, 6) is 0.269. The van der Waals surface area contributed by atoms with E-state index in [1.807, 2.05) is 13.0 Å². The van der Waals surface area contributed by atoms with Gasteiger partial charge in [-0.25, -0.2) is 4.79 Å². The van der Waals surface area contributed by atoms with Gasteiger partial charge in [0.05, 0.1) is 6.61 Å². The quantitative estimate of drug-likeness (QED) is 0.420. The Labute approximate surface area is 131 Å². The molecule has 21 heavy (non-hydrogen) atoms. The van der Waals surface area contributed by atoms with Gasteiger partial charge in [0.25, 0.3) is 0 Å². The van der Waals surface area contributed by atoms with Crippen molar-refractivity contribution < 1.29 is 14.0 Å². The summed E-state index contributed by atoms with van der Waals surface area (Å²) >= 11 is 0. The largest absolute Gasteiger partial charge is 0.463 e. The van der Waals surface area contributed by atoms with Gasteiger partial charge in [0.2, 0.25) is 0 Å². The van der Waals surface area contributed by atoms with Gasteiger partial charge in [0.1, 0.15) is 0 Å². The molecule has 0 aromatic rings. The van der Waals surface area contributed by atoms with Crippen molar-refractivity contribution in [3.05, 3.63) is 12.2 Å². The number of allylic oxidation sites excluding steroid dienone is 1. The highest BCUT2D eigenvalue weighted by atomic mass is 28.4. The van der Waals surface area contributed by atoms with Crippen LogP contribution in [0.2, 0.25) is 18.1 Å². The molecule has 0 amide bonds. The molecule has 0 unspecified atom stereocenters. The second-order valence-electron chi connectivity index (χ2n) is 7.53. The predicted molar refractivity (Wildman–Crippen MR) is 89.8 cm³/mol. The summed E-state index contributed by atoms with van der Waals surface area (Å²) in [6.07, 6.45) is 8.42. The van der Waals surface area contributed by atoms with E-state index in [4.69, 9.17) is 9.16 Å². The van der Waals surface area contributed by atoms with E-state index >= 15 is 0 Å². The van der Waals surface area contributed by atoms with Crippen LogP contribution in [0.4, 0.5) is 0 Å². The SMILES string of the molecule is CCOC(=O)/C=C/C1CCC(O[Si](C)(C)C(C)(C)C)CC1. The summed E-state index contributed by atoms with van der Waals surface area (Å²) in [4.78, 5) is 11.3. The normalized spacial score (nSPS) is 24.3. The van der Waals surface area contributed by atoms with Crippen LogP contribution in [0, 0.1) is 5.92 Å². The Morgan fingerprint density at radius 3 is 2.24 bits per heavy atom.